The molecule has 0 spiro atoms. The lowest BCUT2D eigenvalue weighted by Gasteiger charge is -2.28. The van der Waals surface area contributed by atoms with Crippen LogP contribution in [-0.4, -0.2) is 42.0 Å². The quantitative estimate of drug-likeness (QED) is 0.847. The SMILES string of the molecule is O=C(NC1CCSc2c(F)cccc21)N1CC2C3CCC(O3)C2C1. The number of hydrogen-bond donors (Lipinski definition) is 1. The maximum atomic E-state index is 14.0. The first kappa shape index (κ1) is 15.0. The van der Waals surface area contributed by atoms with Gasteiger partial charge in [0, 0.05) is 35.6 Å². The monoisotopic (exact) mass is 348 g/mol. The predicted octanol–water partition coefficient (Wildman–Crippen LogP) is 3.18. The van der Waals surface area contributed by atoms with E-state index in [1.54, 1.807) is 17.8 Å². The number of amides is 2. The second-order valence-electron chi connectivity index (χ2n) is 7.32. The summed E-state index contributed by atoms with van der Waals surface area (Å²) < 4.78 is 19.9. The molecule has 0 saturated carbocycles. The topological polar surface area (TPSA) is 41.6 Å². The van der Waals surface area contributed by atoms with Gasteiger partial charge in [-0.25, -0.2) is 9.18 Å². The second kappa shape index (κ2) is 5.63. The van der Waals surface area contributed by atoms with E-state index in [0.717, 1.165) is 43.7 Å². The molecule has 4 nitrogen and oxygen atoms in total. The Morgan fingerprint density at radius 3 is 2.71 bits per heavy atom. The van der Waals surface area contributed by atoms with Crippen molar-refractivity contribution in [3.63, 3.8) is 0 Å². The zero-order valence-electron chi connectivity index (χ0n) is 13.4. The molecule has 1 aromatic rings. The molecule has 3 saturated heterocycles. The zero-order valence-corrected chi connectivity index (χ0v) is 14.2. The number of fused-ring (bicyclic) bond motifs is 6. The third-order valence-electron chi connectivity index (χ3n) is 6.06. The summed E-state index contributed by atoms with van der Waals surface area (Å²) in [5.74, 6) is 1.69. The highest BCUT2D eigenvalue weighted by Gasteiger charge is 2.53. The number of rotatable bonds is 1. The lowest BCUT2D eigenvalue weighted by Crippen LogP contribution is -2.42. The first-order chi connectivity index (χ1) is 11.7. The minimum absolute atomic E-state index is 0.00379. The minimum atomic E-state index is -0.180. The average Bonchev–Trinajstić information content (AvgIpc) is 3.29. The fraction of sp³-hybridized carbons (Fsp3) is 0.611. The van der Waals surface area contributed by atoms with Crippen LogP contribution in [0.1, 0.15) is 30.9 Å². The van der Waals surface area contributed by atoms with E-state index in [-0.39, 0.29) is 17.9 Å². The summed E-state index contributed by atoms with van der Waals surface area (Å²) in [6.07, 6.45) is 3.86. The molecule has 2 bridgehead atoms. The molecule has 4 heterocycles. The lowest BCUT2D eigenvalue weighted by molar-refractivity contribution is 0.0737. The van der Waals surface area contributed by atoms with Gasteiger partial charge in [0.05, 0.1) is 18.2 Å². The number of halogens is 1. The number of ether oxygens (including phenoxy) is 1. The molecule has 0 aromatic heterocycles. The van der Waals surface area contributed by atoms with E-state index < -0.39 is 0 Å². The van der Waals surface area contributed by atoms with Crippen molar-refractivity contribution in [2.75, 3.05) is 18.8 Å². The van der Waals surface area contributed by atoms with Gasteiger partial charge in [0.25, 0.3) is 0 Å². The number of urea groups is 1. The van der Waals surface area contributed by atoms with Gasteiger partial charge in [-0.05, 0) is 30.9 Å². The molecule has 0 aliphatic carbocycles. The largest absolute Gasteiger partial charge is 0.374 e. The molecule has 0 radical (unpaired) electrons. The summed E-state index contributed by atoms with van der Waals surface area (Å²) >= 11 is 1.54. The van der Waals surface area contributed by atoms with E-state index in [1.807, 2.05) is 11.0 Å². The maximum absolute atomic E-state index is 14.0. The number of hydrogen-bond acceptors (Lipinski definition) is 3. The van der Waals surface area contributed by atoms with Crippen LogP contribution < -0.4 is 5.32 Å². The van der Waals surface area contributed by atoms with E-state index in [0.29, 0.717) is 28.9 Å². The molecule has 2 amide bonds. The summed E-state index contributed by atoms with van der Waals surface area (Å²) in [5, 5.41) is 3.15. The smallest absolute Gasteiger partial charge is 0.317 e. The summed E-state index contributed by atoms with van der Waals surface area (Å²) in [4.78, 5) is 15.4. The molecule has 4 aliphatic heterocycles. The van der Waals surface area contributed by atoms with Gasteiger partial charge in [-0.3, -0.25) is 0 Å². The highest BCUT2D eigenvalue weighted by Crippen LogP contribution is 2.47. The number of likely N-dealkylation sites (tertiary alicyclic amines) is 1. The third-order valence-corrected chi connectivity index (χ3v) is 7.22. The van der Waals surface area contributed by atoms with E-state index in [1.165, 1.54) is 6.07 Å². The first-order valence-corrected chi connectivity index (χ1v) is 9.81. The Labute approximate surface area is 145 Å². The molecule has 5 unspecified atom stereocenters. The first-order valence-electron chi connectivity index (χ1n) is 8.83. The Kier molecular flexibility index (Phi) is 3.52. The van der Waals surface area contributed by atoms with Crippen LogP contribution in [0, 0.1) is 17.7 Å². The molecule has 3 fully saturated rings. The number of thioether (sulfide) groups is 1. The Morgan fingerprint density at radius 2 is 1.96 bits per heavy atom. The van der Waals surface area contributed by atoms with Crippen molar-refractivity contribution in [2.24, 2.45) is 11.8 Å². The van der Waals surface area contributed by atoms with Crippen molar-refractivity contribution in [1.82, 2.24) is 10.2 Å². The van der Waals surface area contributed by atoms with Crippen molar-refractivity contribution in [3.05, 3.63) is 29.6 Å². The van der Waals surface area contributed by atoms with E-state index in [4.69, 9.17) is 4.74 Å². The van der Waals surface area contributed by atoms with Crippen LogP contribution >= 0.6 is 11.8 Å². The summed E-state index contributed by atoms with van der Waals surface area (Å²) in [7, 11) is 0. The van der Waals surface area contributed by atoms with Gasteiger partial charge >= 0.3 is 6.03 Å². The molecule has 6 heteroatoms. The summed E-state index contributed by atoms with van der Waals surface area (Å²) in [6.45, 7) is 1.60. The van der Waals surface area contributed by atoms with Gasteiger partial charge in [-0.2, -0.15) is 0 Å². The van der Waals surface area contributed by atoms with Crippen molar-refractivity contribution in [1.29, 1.82) is 0 Å². The Hall–Kier alpha value is -1.27. The average molecular weight is 348 g/mol. The number of carbonyl (C=O) groups excluding carboxylic acids is 1. The van der Waals surface area contributed by atoms with Crippen LogP contribution in [0.15, 0.2) is 23.1 Å². The zero-order chi connectivity index (χ0) is 16.3. The van der Waals surface area contributed by atoms with Gasteiger partial charge in [0.15, 0.2) is 0 Å². The lowest BCUT2D eigenvalue weighted by atomic mass is 9.82. The highest BCUT2D eigenvalue weighted by molar-refractivity contribution is 7.99. The van der Waals surface area contributed by atoms with Crippen molar-refractivity contribution in [2.45, 2.75) is 42.4 Å². The highest BCUT2D eigenvalue weighted by atomic mass is 32.2. The van der Waals surface area contributed by atoms with Crippen LogP contribution in [0.25, 0.3) is 0 Å². The second-order valence-corrected chi connectivity index (χ2v) is 8.43. The van der Waals surface area contributed by atoms with Crippen LogP contribution in [0.4, 0.5) is 9.18 Å². The number of benzene rings is 1. The summed E-state index contributed by atoms with van der Waals surface area (Å²) in [6, 6.07) is 5.07. The van der Waals surface area contributed by atoms with Gasteiger partial charge in [-0.15, -0.1) is 11.8 Å². The number of carbonyl (C=O) groups is 1. The van der Waals surface area contributed by atoms with Gasteiger partial charge in [0.1, 0.15) is 5.82 Å². The number of nitrogens with one attached hydrogen (secondary N) is 1. The molecular formula is C18H21FN2O2S. The van der Waals surface area contributed by atoms with E-state index in [9.17, 15) is 9.18 Å². The van der Waals surface area contributed by atoms with Crippen LogP contribution in [0.3, 0.4) is 0 Å². The van der Waals surface area contributed by atoms with E-state index in [2.05, 4.69) is 5.32 Å². The van der Waals surface area contributed by atoms with E-state index >= 15 is 0 Å². The molecule has 1 aromatic carbocycles. The van der Waals surface area contributed by atoms with Crippen molar-refractivity contribution in [3.8, 4) is 0 Å². The summed E-state index contributed by atoms with van der Waals surface area (Å²) in [5.41, 5.74) is 0.919. The van der Waals surface area contributed by atoms with Crippen LogP contribution in [0.5, 0.6) is 0 Å². The molecular weight excluding hydrogens is 327 g/mol. The van der Waals surface area contributed by atoms with Gasteiger partial charge in [0.2, 0.25) is 0 Å². The van der Waals surface area contributed by atoms with Crippen LogP contribution in [0.2, 0.25) is 0 Å². The third kappa shape index (κ3) is 2.26. The predicted molar refractivity (Wildman–Crippen MR) is 89.5 cm³/mol. The minimum Gasteiger partial charge on any atom is -0.374 e. The molecule has 128 valence electrons. The standard InChI is InChI=1S/C18H21FN2O2S/c19-13-3-1-2-10-14(6-7-24-17(10)13)20-18(22)21-8-11-12(9-21)16-5-4-15(11)23-16/h1-3,11-12,14-16H,4-9H2,(H,20,22). The Balaban J connectivity index is 1.30. The molecule has 5 atom stereocenters. The van der Waals surface area contributed by atoms with Crippen molar-refractivity contribution < 1.29 is 13.9 Å². The molecule has 1 N–H and O–H groups in total. The Bertz CT molecular complexity index is 667. The molecule has 5 rings (SSSR count). The normalized spacial score (nSPS) is 36.5. The van der Waals surface area contributed by atoms with Crippen molar-refractivity contribution >= 4 is 17.8 Å². The number of nitrogens with zero attached hydrogens (tertiary/aromatic N) is 1. The molecule has 24 heavy (non-hydrogen) atoms. The van der Waals surface area contributed by atoms with Gasteiger partial charge in [-0.1, -0.05) is 12.1 Å². The fourth-order valence-corrected chi connectivity index (χ4v) is 6.04. The molecule has 4 aliphatic rings. The fourth-order valence-electron chi connectivity index (χ4n) is 4.90. The van der Waals surface area contributed by atoms with Crippen LogP contribution in [-0.2, 0) is 4.74 Å². The Morgan fingerprint density at radius 1 is 1.21 bits per heavy atom. The maximum Gasteiger partial charge on any atom is 0.317 e. The van der Waals surface area contributed by atoms with Gasteiger partial charge < -0.3 is 15.0 Å².